The third kappa shape index (κ3) is 4.31. The van der Waals surface area contributed by atoms with Gasteiger partial charge in [0.15, 0.2) is 0 Å². The highest BCUT2D eigenvalue weighted by atomic mass is 127. The molecule has 0 atom stereocenters. The Hall–Kier alpha value is -1.40. The number of hydrogen-bond acceptors (Lipinski definition) is 5. The van der Waals surface area contributed by atoms with Crippen molar-refractivity contribution in [3.8, 4) is 6.07 Å². The summed E-state index contributed by atoms with van der Waals surface area (Å²) in [6.07, 6.45) is 0. The van der Waals surface area contributed by atoms with Gasteiger partial charge in [0.05, 0.1) is 16.6 Å². The van der Waals surface area contributed by atoms with E-state index in [1.165, 1.54) is 6.07 Å². The fraction of sp³-hybridized carbons (Fsp3) is 0.462. The predicted molar refractivity (Wildman–Crippen MR) is 86.7 cm³/mol. The highest BCUT2D eigenvalue weighted by Crippen LogP contribution is 2.32. The number of nitro groups is 1. The molecule has 0 radical (unpaired) electrons. The molecule has 0 aliphatic heterocycles. The first-order chi connectivity index (χ1) is 9.30. The van der Waals surface area contributed by atoms with Gasteiger partial charge in [-0.25, -0.2) is 0 Å². The van der Waals surface area contributed by atoms with Gasteiger partial charge in [0.2, 0.25) is 0 Å². The molecule has 7 heteroatoms. The van der Waals surface area contributed by atoms with Crippen LogP contribution in [0.5, 0.6) is 0 Å². The van der Waals surface area contributed by atoms with Crippen molar-refractivity contribution in [1.29, 1.82) is 5.26 Å². The molecule has 0 amide bonds. The number of benzene rings is 1. The lowest BCUT2D eigenvalue weighted by molar-refractivity contribution is -0.384. The molecule has 0 bridgehead atoms. The molecule has 2 N–H and O–H groups in total. The summed E-state index contributed by atoms with van der Waals surface area (Å²) < 4.78 is 0.675. The Morgan fingerprint density at radius 3 is 2.60 bits per heavy atom. The van der Waals surface area contributed by atoms with E-state index in [9.17, 15) is 10.1 Å². The molecular weight excluding hydrogens is 371 g/mol. The van der Waals surface area contributed by atoms with Crippen molar-refractivity contribution >= 4 is 34.0 Å². The molecule has 108 valence electrons. The molecule has 0 fully saturated rings. The number of nitriles is 1. The summed E-state index contributed by atoms with van der Waals surface area (Å²) >= 11 is 2.01. The molecule has 1 aromatic carbocycles. The quantitative estimate of drug-likeness (QED) is 0.444. The standard InChI is InChI=1S/C13H17IN4O2/c1-13(2,7-16-3)8-17-12-10(14)4-9(6-15)5-11(12)18(19)20/h4-5,16-17H,7-8H2,1-3H3. The van der Waals surface area contributed by atoms with E-state index >= 15 is 0 Å². The minimum atomic E-state index is -0.462. The third-order valence-corrected chi connectivity index (χ3v) is 3.65. The molecule has 0 unspecified atom stereocenters. The number of hydrogen-bond donors (Lipinski definition) is 2. The zero-order chi connectivity index (χ0) is 15.3. The van der Waals surface area contributed by atoms with Gasteiger partial charge in [-0.2, -0.15) is 5.26 Å². The molecule has 0 heterocycles. The molecule has 0 saturated carbocycles. The van der Waals surface area contributed by atoms with Crippen molar-refractivity contribution in [2.24, 2.45) is 5.41 Å². The highest BCUT2D eigenvalue weighted by molar-refractivity contribution is 14.1. The van der Waals surface area contributed by atoms with Gasteiger partial charge in [0, 0.05) is 22.7 Å². The minimum Gasteiger partial charge on any atom is -0.378 e. The van der Waals surface area contributed by atoms with Gasteiger partial charge in [-0.05, 0) is 41.1 Å². The lowest BCUT2D eigenvalue weighted by atomic mass is 9.93. The van der Waals surface area contributed by atoms with Crippen molar-refractivity contribution in [2.45, 2.75) is 13.8 Å². The van der Waals surface area contributed by atoms with Gasteiger partial charge in [-0.15, -0.1) is 0 Å². The molecule has 0 aliphatic carbocycles. The Labute approximate surface area is 131 Å². The van der Waals surface area contributed by atoms with Crippen LogP contribution in [0.3, 0.4) is 0 Å². The van der Waals surface area contributed by atoms with E-state index in [1.54, 1.807) is 6.07 Å². The lowest BCUT2D eigenvalue weighted by Crippen LogP contribution is -2.33. The Morgan fingerprint density at radius 2 is 2.10 bits per heavy atom. The van der Waals surface area contributed by atoms with E-state index in [2.05, 4.69) is 24.5 Å². The second-order valence-electron chi connectivity index (χ2n) is 5.27. The van der Waals surface area contributed by atoms with Gasteiger partial charge >= 0.3 is 0 Å². The van der Waals surface area contributed by atoms with Gasteiger partial charge in [-0.1, -0.05) is 13.8 Å². The molecule has 0 saturated heterocycles. The SMILES string of the molecule is CNCC(C)(C)CNc1c(I)cc(C#N)cc1[N+](=O)[O-]. The lowest BCUT2D eigenvalue weighted by Gasteiger charge is -2.25. The molecule has 1 aromatic rings. The van der Waals surface area contributed by atoms with E-state index in [-0.39, 0.29) is 11.1 Å². The number of halogens is 1. The Balaban J connectivity index is 3.06. The topological polar surface area (TPSA) is 91.0 Å². The first-order valence-corrected chi connectivity index (χ1v) is 7.15. The Kier molecular flexibility index (Phi) is 5.71. The first-order valence-electron chi connectivity index (χ1n) is 6.07. The summed E-state index contributed by atoms with van der Waals surface area (Å²) in [5.74, 6) is 0. The van der Waals surface area contributed by atoms with Crippen LogP contribution in [0.25, 0.3) is 0 Å². The van der Waals surface area contributed by atoms with Crippen LogP contribution in [0.1, 0.15) is 19.4 Å². The second kappa shape index (κ2) is 6.85. The summed E-state index contributed by atoms with van der Waals surface area (Å²) in [4.78, 5) is 10.7. The molecule has 0 spiro atoms. The summed E-state index contributed by atoms with van der Waals surface area (Å²) in [6.45, 7) is 5.52. The number of nitro benzene ring substituents is 1. The third-order valence-electron chi connectivity index (χ3n) is 2.79. The van der Waals surface area contributed by atoms with E-state index in [1.807, 2.05) is 35.7 Å². The fourth-order valence-corrected chi connectivity index (χ4v) is 2.65. The van der Waals surface area contributed by atoms with Gasteiger partial charge in [0.1, 0.15) is 5.69 Å². The summed E-state index contributed by atoms with van der Waals surface area (Å²) in [5.41, 5.74) is 0.660. The molecule has 6 nitrogen and oxygen atoms in total. The predicted octanol–water partition coefficient (Wildman–Crippen LogP) is 2.73. The maximum atomic E-state index is 11.1. The van der Waals surface area contributed by atoms with Crippen molar-refractivity contribution < 1.29 is 4.92 Å². The van der Waals surface area contributed by atoms with E-state index < -0.39 is 4.92 Å². The average Bonchev–Trinajstić information content (AvgIpc) is 2.36. The first kappa shape index (κ1) is 16.7. The van der Waals surface area contributed by atoms with E-state index in [0.717, 1.165) is 6.54 Å². The van der Waals surface area contributed by atoms with E-state index in [0.29, 0.717) is 21.4 Å². The van der Waals surface area contributed by atoms with Crippen LogP contribution in [0, 0.1) is 30.4 Å². The Bertz CT molecular complexity index is 552. The van der Waals surface area contributed by atoms with Crippen LogP contribution in [0.4, 0.5) is 11.4 Å². The largest absolute Gasteiger partial charge is 0.378 e. The van der Waals surface area contributed by atoms with Crippen LogP contribution >= 0.6 is 22.6 Å². The normalized spacial score (nSPS) is 10.9. The molecule has 1 rings (SSSR count). The molecular formula is C13H17IN4O2. The van der Waals surface area contributed by atoms with Gasteiger partial charge < -0.3 is 10.6 Å². The average molecular weight is 388 g/mol. The van der Waals surface area contributed by atoms with Crippen LogP contribution in [0.15, 0.2) is 12.1 Å². The minimum absolute atomic E-state index is 0.0421. The van der Waals surface area contributed by atoms with Gasteiger partial charge in [0.25, 0.3) is 5.69 Å². The monoisotopic (exact) mass is 388 g/mol. The smallest absolute Gasteiger partial charge is 0.294 e. The van der Waals surface area contributed by atoms with Crippen LogP contribution in [-0.4, -0.2) is 25.1 Å². The molecule has 20 heavy (non-hydrogen) atoms. The summed E-state index contributed by atoms with van der Waals surface area (Å²) in [7, 11) is 1.87. The van der Waals surface area contributed by atoms with Crippen molar-refractivity contribution in [3.63, 3.8) is 0 Å². The van der Waals surface area contributed by atoms with Crippen molar-refractivity contribution in [3.05, 3.63) is 31.4 Å². The number of anilines is 1. The zero-order valence-electron chi connectivity index (χ0n) is 11.7. The summed E-state index contributed by atoms with van der Waals surface area (Å²) in [6, 6.07) is 4.88. The number of nitrogens with zero attached hydrogens (tertiary/aromatic N) is 2. The number of nitrogens with one attached hydrogen (secondary N) is 2. The number of rotatable bonds is 6. The van der Waals surface area contributed by atoms with Crippen LogP contribution < -0.4 is 10.6 Å². The van der Waals surface area contributed by atoms with Crippen molar-refractivity contribution in [1.82, 2.24) is 5.32 Å². The maximum Gasteiger partial charge on any atom is 0.294 e. The fourth-order valence-electron chi connectivity index (χ4n) is 1.84. The van der Waals surface area contributed by atoms with Gasteiger partial charge in [-0.3, -0.25) is 10.1 Å². The van der Waals surface area contributed by atoms with E-state index in [4.69, 9.17) is 5.26 Å². The summed E-state index contributed by atoms with van der Waals surface area (Å²) in [5, 5.41) is 26.3. The van der Waals surface area contributed by atoms with Crippen LogP contribution in [0.2, 0.25) is 0 Å². The molecule has 0 aromatic heterocycles. The second-order valence-corrected chi connectivity index (χ2v) is 6.43. The van der Waals surface area contributed by atoms with Crippen molar-refractivity contribution in [2.75, 3.05) is 25.5 Å². The molecule has 0 aliphatic rings. The zero-order valence-corrected chi connectivity index (χ0v) is 13.8. The maximum absolute atomic E-state index is 11.1. The van der Waals surface area contributed by atoms with Crippen LogP contribution in [-0.2, 0) is 0 Å². The highest BCUT2D eigenvalue weighted by Gasteiger charge is 2.22. The Morgan fingerprint density at radius 1 is 1.45 bits per heavy atom.